The molecule has 1 N–H and O–H groups in total. The highest BCUT2D eigenvalue weighted by molar-refractivity contribution is 8.04. The number of carbonyl (C=O) groups excluding carboxylic acids is 2. The topological polar surface area (TPSA) is 52.7 Å². The van der Waals surface area contributed by atoms with Crippen LogP contribution >= 0.6 is 11.8 Å². The second-order valence-corrected chi connectivity index (χ2v) is 9.50. The summed E-state index contributed by atoms with van der Waals surface area (Å²) in [6.45, 7) is 4.17. The lowest BCUT2D eigenvalue weighted by atomic mass is 10.1. The van der Waals surface area contributed by atoms with E-state index in [4.69, 9.17) is 0 Å². The molecule has 3 aromatic carbocycles. The van der Waals surface area contributed by atoms with Crippen LogP contribution in [0.3, 0.4) is 0 Å². The zero-order valence-corrected chi connectivity index (χ0v) is 19.6. The Kier molecular flexibility index (Phi) is 6.11. The van der Waals surface area contributed by atoms with Gasteiger partial charge in [0.1, 0.15) is 5.82 Å². The number of piperazine rings is 1. The summed E-state index contributed by atoms with van der Waals surface area (Å²) in [4.78, 5) is 31.1. The summed E-state index contributed by atoms with van der Waals surface area (Å²) in [7, 11) is 0. The number of fused-ring (bicyclic) bond motifs is 1. The number of hydrogen-bond acceptors (Lipinski definition) is 4. The van der Waals surface area contributed by atoms with Gasteiger partial charge in [0.05, 0.1) is 16.3 Å². The quantitative estimate of drug-likeness (QED) is 0.533. The number of amides is 2. The number of nitrogens with zero attached hydrogens (tertiary/aromatic N) is 2. The van der Waals surface area contributed by atoms with E-state index < -0.39 is 0 Å². The molecule has 1 saturated heterocycles. The fourth-order valence-corrected chi connectivity index (χ4v) is 5.18. The van der Waals surface area contributed by atoms with Crippen molar-refractivity contribution in [3.8, 4) is 0 Å². The monoisotopic (exact) mass is 473 g/mol. The number of nitrogens with one attached hydrogen (secondary N) is 1. The van der Waals surface area contributed by atoms with Gasteiger partial charge in [-0.2, -0.15) is 0 Å². The molecule has 2 amide bonds. The van der Waals surface area contributed by atoms with Gasteiger partial charge in [-0.15, -0.1) is 0 Å². The molecule has 0 spiro atoms. The molecule has 0 unspecified atom stereocenters. The predicted octanol–water partition coefficient (Wildman–Crippen LogP) is 5.18. The number of benzene rings is 3. The molecule has 5 nitrogen and oxygen atoms in total. The Labute approximate surface area is 202 Å². The Morgan fingerprint density at radius 3 is 2.56 bits per heavy atom. The molecule has 0 radical (unpaired) electrons. The van der Waals surface area contributed by atoms with Crippen LogP contribution in [0.5, 0.6) is 0 Å². The van der Waals surface area contributed by atoms with Crippen LogP contribution in [0.1, 0.15) is 21.5 Å². The lowest BCUT2D eigenvalue weighted by Gasteiger charge is -2.36. The van der Waals surface area contributed by atoms with Crippen LogP contribution in [0.4, 0.5) is 15.8 Å². The van der Waals surface area contributed by atoms with Crippen molar-refractivity contribution in [2.45, 2.75) is 11.8 Å². The van der Waals surface area contributed by atoms with E-state index in [1.54, 1.807) is 29.2 Å². The van der Waals surface area contributed by atoms with Crippen molar-refractivity contribution in [1.29, 1.82) is 0 Å². The predicted molar refractivity (Wildman–Crippen MR) is 135 cm³/mol. The molecule has 34 heavy (non-hydrogen) atoms. The van der Waals surface area contributed by atoms with Gasteiger partial charge in [0.15, 0.2) is 0 Å². The highest BCUT2D eigenvalue weighted by Gasteiger charge is 2.26. The maximum atomic E-state index is 14.1. The summed E-state index contributed by atoms with van der Waals surface area (Å²) in [5, 5.41) is 2.93. The molecule has 0 aromatic heterocycles. The van der Waals surface area contributed by atoms with E-state index in [1.807, 2.05) is 54.3 Å². The molecule has 0 atom stereocenters. The van der Waals surface area contributed by atoms with Gasteiger partial charge in [-0.05, 0) is 48.9 Å². The number of hydrogen-bond donors (Lipinski definition) is 1. The second kappa shape index (κ2) is 9.35. The molecular formula is C27H24FN3O2S. The zero-order valence-electron chi connectivity index (χ0n) is 18.8. The molecule has 2 aliphatic rings. The number of thioether (sulfide) groups is 1. The Bertz CT molecular complexity index is 1300. The van der Waals surface area contributed by atoms with Gasteiger partial charge in [-0.1, -0.05) is 53.7 Å². The van der Waals surface area contributed by atoms with Gasteiger partial charge in [0, 0.05) is 36.6 Å². The second-order valence-electron chi connectivity index (χ2n) is 8.42. The van der Waals surface area contributed by atoms with E-state index >= 15 is 0 Å². The average molecular weight is 474 g/mol. The molecule has 1 fully saturated rings. The van der Waals surface area contributed by atoms with E-state index in [1.165, 1.54) is 17.8 Å². The van der Waals surface area contributed by atoms with Crippen molar-refractivity contribution in [1.82, 2.24) is 4.90 Å². The minimum Gasteiger partial charge on any atom is -0.366 e. The first-order chi connectivity index (χ1) is 16.5. The van der Waals surface area contributed by atoms with Gasteiger partial charge in [0.25, 0.3) is 11.8 Å². The van der Waals surface area contributed by atoms with E-state index in [0.717, 1.165) is 16.0 Å². The summed E-state index contributed by atoms with van der Waals surface area (Å²) in [6.07, 6.45) is 1.88. The van der Waals surface area contributed by atoms with Gasteiger partial charge in [0.2, 0.25) is 0 Å². The number of halogens is 1. The first-order valence-corrected chi connectivity index (χ1v) is 12.0. The Balaban J connectivity index is 1.28. The highest BCUT2D eigenvalue weighted by atomic mass is 32.2. The van der Waals surface area contributed by atoms with Gasteiger partial charge in [-0.25, -0.2) is 4.39 Å². The lowest BCUT2D eigenvalue weighted by molar-refractivity contribution is -0.112. The fraction of sp³-hybridized carbons (Fsp3) is 0.185. The summed E-state index contributed by atoms with van der Waals surface area (Å²) >= 11 is 1.40. The summed E-state index contributed by atoms with van der Waals surface area (Å²) < 4.78 is 14.1. The van der Waals surface area contributed by atoms with Crippen LogP contribution in [0, 0.1) is 12.7 Å². The van der Waals surface area contributed by atoms with Gasteiger partial charge in [-0.3, -0.25) is 9.59 Å². The lowest BCUT2D eigenvalue weighted by Crippen LogP contribution is -2.49. The van der Waals surface area contributed by atoms with Crippen LogP contribution in [-0.4, -0.2) is 42.9 Å². The van der Waals surface area contributed by atoms with Crippen molar-refractivity contribution in [3.05, 3.63) is 94.1 Å². The van der Waals surface area contributed by atoms with Crippen LogP contribution < -0.4 is 10.2 Å². The molecule has 172 valence electrons. The number of aryl methyl sites for hydroxylation is 1. The summed E-state index contributed by atoms with van der Waals surface area (Å²) in [5.74, 6) is -0.514. The molecule has 0 bridgehead atoms. The van der Waals surface area contributed by atoms with Crippen molar-refractivity contribution in [3.63, 3.8) is 0 Å². The van der Waals surface area contributed by atoms with E-state index in [-0.39, 0.29) is 17.6 Å². The summed E-state index contributed by atoms with van der Waals surface area (Å²) in [5.41, 5.74) is 3.85. The SMILES string of the molecule is Cc1cccc(C=C2Sc3ccc(C(=O)N4CCN(c5ccccc5F)CC4)cc3NC2=O)c1. The highest BCUT2D eigenvalue weighted by Crippen LogP contribution is 2.39. The smallest absolute Gasteiger partial charge is 0.262 e. The van der Waals surface area contributed by atoms with E-state index in [9.17, 15) is 14.0 Å². The largest absolute Gasteiger partial charge is 0.366 e. The molecule has 2 heterocycles. The van der Waals surface area contributed by atoms with E-state index in [0.29, 0.717) is 48.0 Å². The van der Waals surface area contributed by atoms with Crippen LogP contribution in [0.25, 0.3) is 6.08 Å². The minimum absolute atomic E-state index is 0.0867. The third-order valence-corrected chi connectivity index (χ3v) is 7.12. The first kappa shape index (κ1) is 22.2. The minimum atomic E-state index is -0.249. The summed E-state index contributed by atoms with van der Waals surface area (Å²) in [6, 6.07) is 20.1. The number of para-hydroxylation sites is 1. The van der Waals surface area contributed by atoms with Crippen LogP contribution in [0.15, 0.2) is 76.5 Å². The van der Waals surface area contributed by atoms with Crippen molar-refractivity contribution >= 4 is 41.0 Å². The maximum Gasteiger partial charge on any atom is 0.262 e. The molecule has 5 rings (SSSR count). The molecular weight excluding hydrogens is 449 g/mol. The molecule has 2 aliphatic heterocycles. The molecule has 0 aliphatic carbocycles. The van der Waals surface area contributed by atoms with E-state index in [2.05, 4.69) is 5.32 Å². The zero-order chi connectivity index (χ0) is 23.7. The average Bonchev–Trinajstić information content (AvgIpc) is 2.84. The van der Waals surface area contributed by atoms with Crippen LogP contribution in [0.2, 0.25) is 0 Å². The fourth-order valence-electron chi connectivity index (χ4n) is 4.25. The maximum absolute atomic E-state index is 14.1. The Hall–Kier alpha value is -3.58. The Morgan fingerprint density at radius 1 is 1.00 bits per heavy atom. The third kappa shape index (κ3) is 4.56. The van der Waals surface area contributed by atoms with Crippen molar-refractivity contribution in [2.24, 2.45) is 0 Å². The first-order valence-electron chi connectivity index (χ1n) is 11.2. The van der Waals surface area contributed by atoms with Crippen LogP contribution in [-0.2, 0) is 4.79 Å². The molecule has 7 heteroatoms. The Morgan fingerprint density at radius 2 is 1.79 bits per heavy atom. The standard InChI is InChI=1S/C27H24FN3O2S/c1-18-5-4-6-19(15-18)16-25-26(32)29-22-17-20(9-10-24(22)34-25)27(33)31-13-11-30(12-14-31)23-8-3-2-7-21(23)28/h2-10,15-17H,11-14H2,1H3,(H,29,32). The van der Waals surface area contributed by atoms with Crippen molar-refractivity contribution < 1.29 is 14.0 Å². The van der Waals surface area contributed by atoms with Gasteiger partial charge < -0.3 is 15.1 Å². The normalized spacial score (nSPS) is 16.9. The third-order valence-electron chi connectivity index (χ3n) is 6.02. The number of anilines is 2. The molecule has 0 saturated carbocycles. The molecule has 3 aromatic rings. The van der Waals surface area contributed by atoms with Crippen molar-refractivity contribution in [2.75, 3.05) is 36.4 Å². The van der Waals surface area contributed by atoms with Gasteiger partial charge >= 0.3 is 0 Å². The number of carbonyl (C=O) groups is 2. The number of rotatable bonds is 3.